The molecule has 2 aliphatic carbocycles. The van der Waals surface area contributed by atoms with Crippen LogP contribution in [0.1, 0.15) is 26.7 Å². The maximum absolute atomic E-state index is 12.2. The number of aliphatic hydroxyl groups excluding tert-OH is 1. The third kappa shape index (κ3) is 2.13. The molecule has 0 saturated heterocycles. The molecule has 20 heavy (non-hydrogen) atoms. The fourth-order valence-corrected chi connectivity index (χ4v) is 3.30. The fraction of sp³-hybridized carbons (Fsp3) is 0.467. The van der Waals surface area contributed by atoms with Crippen molar-refractivity contribution in [1.82, 2.24) is 5.32 Å². The van der Waals surface area contributed by atoms with Crippen LogP contribution < -0.4 is 5.32 Å². The van der Waals surface area contributed by atoms with Crippen LogP contribution in [0.2, 0.25) is 0 Å². The number of hydrogen-bond donors (Lipinski definition) is 2. The smallest absolute Gasteiger partial charge is 0.407 e. The number of aliphatic hydroxyl groups is 1. The molecular weight excluding hydrogens is 258 g/mol. The van der Waals surface area contributed by atoms with E-state index in [1.807, 2.05) is 26.0 Å². The van der Waals surface area contributed by atoms with Crippen molar-refractivity contribution in [2.24, 2.45) is 5.92 Å². The molecule has 2 rings (SSSR count). The quantitative estimate of drug-likeness (QED) is 0.438. The highest BCUT2D eigenvalue weighted by molar-refractivity contribution is 6.00. The lowest BCUT2D eigenvalue weighted by Gasteiger charge is -2.46. The first-order valence-corrected chi connectivity index (χ1v) is 6.55. The number of Topliss-reactive ketones (excluding diaryl/α,β-unsaturated/α-hetero) is 1. The lowest BCUT2D eigenvalue weighted by atomic mass is 9.62. The molecule has 108 valence electrons. The van der Waals surface area contributed by atoms with Crippen LogP contribution in [0.15, 0.2) is 35.1 Å². The number of allylic oxidation sites excluding steroid dienone is 3. The van der Waals surface area contributed by atoms with Crippen molar-refractivity contribution in [3.8, 4) is 0 Å². The van der Waals surface area contributed by atoms with Gasteiger partial charge in [-0.15, -0.1) is 0 Å². The van der Waals surface area contributed by atoms with Crippen LogP contribution in [0.25, 0.3) is 0 Å². The monoisotopic (exact) mass is 277 g/mol. The number of carbonyl (C=O) groups is 2. The Kier molecular flexibility index (Phi) is 3.70. The normalized spacial score (nSPS) is 33.0. The second-order valence-electron chi connectivity index (χ2n) is 5.29. The summed E-state index contributed by atoms with van der Waals surface area (Å²) in [6, 6.07) is 0. The number of nitrogens with one attached hydrogen (secondary N) is 1. The van der Waals surface area contributed by atoms with Gasteiger partial charge in [0.1, 0.15) is 0 Å². The van der Waals surface area contributed by atoms with E-state index < -0.39 is 11.6 Å². The van der Waals surface area contributed by atoms with Crippen molar-refractivity contribution in [3.05, 3.63) is 35.1 Å². The maximum atomic E-state index is 12.2. The lowest BCUT2D eigenvalue weighted by Crippen LogP contribution is -2.57. The summed E-state index contributed by atoms with van der Waals surface area (Å²) in [6.45, 7) is 3.83. The van der Waals surface area contributed by atoms with E-state index in [0.717, 1.165) is 17.4 Å². The summed E-state index contributed by atoms with van der Waals surface area (Å²) in [6.07, 6.45) is 4.90. The Hall–Kier alpha value is -2.04. The molecule has 0 aromatic heterocycles. The van der Waals surface area contributed by atoms with Gasteiger partial charge < -0.3 is 15.2 Å². The van der Waals surface area contributed by atoms with Crippen LogP contribution in [0.3, 0.4) is 0 Å². The van der Waals surface area contributed by atoms with Crippen LogP contribution in [-0.2, 0) is 9.53 Å². The summed E-state index contributed by atoms with van der Waals surface area (Å²) in [7, 11) is 1.30. The lowest BCUT2D eigenvalue weighted by molar-refractivity contribution is -0.118. The summed E-state index contributed by atoms with van der Waals surface area (Å²) < 4.78 is 4.68. The van der Waals surface area contributed by atoms with E-state index in [9.17, 15) is 14.7 Å². The molecule has 2 aliphatic rings. The van der Waals surface area contributed by atoms with E-state index in [0.29, 0.717) is 12.0 Å². The van der Waals surface area contributed by atoms with Gasteiger partial charge in [-0.05, 0) is 25.8 Å². The van der Waals surface area contributed by atoms with E-state index >= 15 is 0 Å². The summed E-state index contributed by atoms with van der Waals surface area (Å²) >= 11 is 0. The number of fused-ring (bicyclic) bond motifs is 2. The molecule has 2 atom stereocenters. The first-order chi connectivity index (χ1) is 9.47. The van der Waals surface area contributed by atoms with Gasteiger partial charge in [0, 0.05) is 17.9 Å². The first-order valence-electron chi connectivity index (χ1n) is 6.55. The van der Waals surface area contributed by atoms with Gasteiger partial charge in [0.2, 0.25) is 0 Å². The number of carbonyl (C=O) groups excluding carboxylic acids is 2. The molecule has 2 N–H and O–H groups in total. The molecule has 0 spiro atoms. The van der Waals surface area contributed by atoms with Crippen LogP contribution >= 0.6 is 0 Å². The molecule has 2 bridgehead atoms. The predicted octanol–water partition coefficient (Wildman–Crippen LogP) is 2.41. The Balaban J connectivity index is 2.54. The molecule has 0 aliphatic heterocycles. The molecule has 0 unspecified atom stereocenters. The molecule has 1 amide bonds. The minimum Gasteiger partial charge on any atom is -0.515 e. The Morgan fingerprint density at radius 3 is 2.80 bits per heavy atom. The van der Waals surface area contributed by atoms with E-state index in [-0.39, 0.29) is 18.1 Å². The number of hydrogen-bond acceptors (Lipinski definition) is 4. The third-order valence-electron chi connectivity index (χ3n) is 4.02. The van der Waals surface area contributed by atoms with Gasteiger partial charge in [-0.25, -0.2) is 4.79 Å². The van der Waals surface area contributed by atoms with Crippen molar-refractivity contribution in [2.75, 3.05) is 7.11 Å². The molecule has 5 nitrogen and oxygen atoms in total. The molecule has 1 saturated carbocycles. The van der Waals surface area contributed by atoms with Crippen LogP contribution in [0.5, 0.6) is 0 Å². The van der Waals surface area contributed by atoms with Crippen molar-refractivity contribution in [3.63, 3.8) is 0 Å². The number of rotatable bonds is 1. The minimum absolute atomic E-state index is 0.135. The fourth-order valence-electron chi connectivity index (χ4n) is 3.30. The topological polar surface area (TPSA) is 75.6 Å². The average Bonchev–Trinajstić information content (AvgIpc) is 2.37. The molecule has 0 heterocycles. The highest BCUT2D eigenvalue weighted by Gasteiger charge is 2.49. The zero-order valence-corrected chi connectivity index (χ0v) is 11.9. The Morgan fingerprint density at radius 1 is 1.55 bits per heavy atom. The van der Waals surface area contributed by atoms with Gasteiger partial charge in [-0.3, -0.25) is 4.79 Å². The Bertz CT molecular complexity index is 544. The van der Waals surface area contributed by atoms with Crippen molar-refractivity contribution >= 4 is 11.9 Å². The van der Waals surface area contributed by atoms with E-state index in [2.05, 4.69) is 10.1 Å². The van der Waals surface area contributed by atoms with Gasteiger partial charge in [0.05, 0.1) is 18.9 Å². The van der Waals surface area contributed by atoms with Gasteiger partial charge in [0.25, 0.3) is 0 Å². The molecule has 5 heteroatoms. The molecule has 1 fully saturated rings. The minimum atomic E-state index is -0.741. The van der Waals surface area contributed by atoms with Crippen LogP contribution in [0, 0.1) is 5.92 Å². The second kappa shape index (κ2) is 5.15. The van der Waals surface area contributed by atoms with E-state index in [1.165, 1.54) is 7.11 Å². The first kappa shape index (κ1) is 14.4. The Morgan fingerprint density at radius 2 is 2.25 bits per heavy atom. The summed E-state index contributed by atoms with van der Waals surface area (Å²) in [5, 5.41) is 12.2. The highest BCUT2D eigenvalue weighted by atomic mass is 16.5. The van der Waals surface area contributed by atoms with E-state index in [1.54, 1.807) is 0 Å². The maximum Gasteiger partial charge on any atom is 0.407 e. The Labute approximate surface area is 118 Å². The molecule has 0 aromatic carbocycles. The SMILES string of the molecule is CC=C1[C@H]2C=C(C)C[C@]1(NC(=O)OC)CC(=O)/C2=C\O. The van der Waals surface area contributed by atoms with Crippen LogP contribution in [-0.4, -0.2) is 29.6 Å². The molecule has 0 aromatic rings. The number of ketones is 1. The summed E-state index contributed by atoms with van der Waals surface area (Å²) in [5.41, 5.74) is 1.63. The summed E-state index contributed by atoms with van der Waals surface area (Å²) in [4.78, 5) is 23.9. The number of methoxy groups -OCH3 is 1. The predicted molar refractivity (Wildman–Crippen MR) is 74.2 cm³/mol. The van der Waals surface area contributed by atoms with E-state index in [4.69, 9.17) is 0 Å². The number of ether oxygens (including phenoxy) is 1. The van der Waals surface area contributed by atoms with Crippen molar-refractivity contribution in [2.45, 2.75) is 32.2 Å². The molecular formula is C15H19NO4. The highest BCUT2D eigenvalue weighted by Crippen LogP contribution is 2.47. The zero-order valence-electron chi connectivity index (χ0n) is 11.9. The molecule has 0 radical (unpaired) electrons. The van der Waals surface area contributed by atoms with Gasteiger partial charge in [-0.1, -0.05) is 17.7 Å². The summed E-state index contributed by atoms with van der Waals surface area (Å²) in [5.74, 6) is -0.430. The average molecular weight is 277 g/mol. The van der Waals surface area contributed by atoms with Crippen molar-refractivity contribution < 1.29 is 19.4 Å². The van der Waals surface area contributed by atoms with Crippen LogP contribution in [0.4, 0.5) is 4.79 Å². The van der Waals surface area contributed by atoms with Gasteiger partial charge in [-0.2, -0.15) is 0 Å². The standard InChI is InChI=1S/C15H19NO4/c1-4-12-10-5-9(2)6-15(12,16-14(19)20-3)7-13(18)11(10)8-17/h4-5,8,10,17H,6-7H2,1-3H3,(H,16,19)/b11-8-,12-4?/t10-,15-/m0/s1. The number of alkyl carbamates (subject to hydrolysis) is 1. The van der Waals surface area contributed by atoms with Gasteiger partial charge in [0.15, 0.2) is 5.78 Å². The van der Waals surface area contributed by atoms with Gasteiger partial charge >= 0.3 is 6.09 Å². The number of amides is 1. The largest absolute Gasteiger partial charge is 0.515 e. The van der Waals surface area contributed by atoms with Crippen molar-refractivity contribution in [1.29, 1.82) is 0 Å². The third-order valence-corrected chi connectivity index (χ3v) is 4.02. The second-order valence-corrected chi connectivity index (χ2v) is 5.29. The zero-order chi connectivity index (χ0) is 14.9.